The second-order valence-electron chi connectivity index (χ2n) is 7.31. The minimum atomic E-state index is -0.0833. The monoisotopic (exact) mass is 397 g/mol. The number of anilines is 1. The molecule has 6 nitrogen and oxygen atoms in total. The van der Waals surface area contributed by atoms with E-state index in [1.165, 1.54) is 5.56 Å². The molecule has 1 fully saturated rings. The lowest BCUT2D eigenvalue weighted by atomic mass is 10.1. The summed E-state index contributed by atoms with van der Waals surface area (Å²) >= 11 is 0. The molecule has 1 aliphatic rings. The van der Waals surface area contributed by atoms with Gasteiger partial charge in [-0.25, -0.2) is 0 Å². The van der Waals surface area contributed by atoms with Gasteiger partial charge in [0.1, 0.15) is 11.5 Å². The van der Waals surface area contributed by atoms with Crippen LogP contribution in [0, 0.1) is 0 Å². The average Bonchev–Trinajstić information content (AvgIpc) is 2.75. The van der Waals surface area contributed by atoms with E-state index in [0.717, 1.165) is 50.5 Å². The van der Waals surface area contributed by atoms with Crippen molar-refractivity contribution in [1.29, 1.82) is 0 Å². The van der Waals surface area contributed by atoms with Gasteiger partial charge in [0.25, 0.3) is 0 Å². The van der Waals surface area contributed by atoms with E-state index < -0.39 is 0 Å². The molecule has 6 heteroatoms. The molecule has 1 saturated heterocycles. The molecule has 1 heterocycles. The van der Waals surface area contributed by atoms with Gasteiger partial charge in [0.05, 0.1) is 20.6 Å². The van der Waals surface area contributed by atoms with Crippen LogP contribution in [0.25, 0.3) is 0 Å². The fourth-order valence-corrected chi connectivity index (χ4v) is 3.61. The quantitative estimate of drug-likeness (QED) is 0.742. The van der Waals surface area contributed by atoms with Crippen LogP contribution in [0.4, 0.5) is 5.69 Å². The molecule has 1 N–H and O–H groups in total. The smallest absolute Gasteiger partial charge is 0.228 e. The molecule has 1 aliphatic heterocycles. The molecule has 156 valence electrons. The Morgan fingerprint density at radius 1 is 0.966 bits per heavy atom. The van der Waals surface area contributed by atoms with E-state index in [0.29, 0.717) is 11.5 Å². The zero-order chi connectivity index (χ0) is 20.6. The lowest BCUT2D eigenvalue weighted by Crippen LogP contribution is -2.45. The number of methoxy groups -OCH3 is 2. The highest BCUT2D eigenvalue weighted by Gasteiger charge is 2.15. The molecule has 1 amide bonds. The first-order chi connectivity index (χ1) is 14.1. The summed E-state index contributed by atoms with van der Waals surface area (Å²) in [5, 5.41) is 2.97. The number of ether oxygens (including phenoxy) is 2. The summed E-state index contributed by atoms with van der Waals surface area (Å²) in [4.78, 5) is 17.4. The van der Waals surface area contributed by atoms with Gasteiger partial charge in [0, 0.05) is 44.0 Å². The first-order valence-electron chi connectivity index (χ1n) is 10.2. The molecule has 3 rings (SSSR count). The Morgan fingerprint density at radius 2 is 1.66 bits per heavy atom. The van der Waals surface area contributed by atoms with Crippen LogP contribution in [0.1, 0.15) is 18.1 Å². The molecular formula is C23H31N3O3. The highest BCUT2D eigenvalue weighted by atomic mass is 16.5. The summed E-state index contributed by atoms with van der Waals surface area (Å²) in [5.41, 5.74) is 2.87. The summed E-state index contributed by atoms with van der Waals surface area (Å²) in [6.45, 7) is 8.78. The standard InChI is InChI=1S/C23H31N3O3/c1-4-25-11-13-26(14-12-25)17-18-5-7-20(8-6-18)24-23(27)16-19-15-21(28-2)9-10-22(19)29-3/h5-10,15H,4,11-14,16-17H2,1-3H3,(H,24,27). The number of hydrogen-bond acceptors (Lipinski definition) is 5. The third-order valence-corrected chi connectivity index (χ3v) is 5.39. The summed E-state index contributed by atoms with van der Waals surface area (Å²) < 4.78 is 10.6. The van der Waals surface area contributed by atoms with Crippen molar-refractivity contribution in [3.63, 3.8) is 0 Å². The van der Waals surface area contributed by atoms with Gasteiger partial charge in [-0.15, -0.1) is 0 Å². The molecular weight excluding hydrogens is 366 g/mol. The lowest BCUT2D eigenvalue weighted by Gasteiger charge is -2.34. The molecule has 0 aromatic heterocycles. The van der Waals surface area contributed by atoms with Crippen molar-refractivity contribution >= 4 is 11.6 Å². The topological polar surface area (TPSA) is 54.0 Å². The van der Waals surface area contributed by atoms with Gasteiger partial charge < -0.3 is 19.7 Å². The third kappa shape index (κ3) is 5.95. The van der Waals surface area contributed by atoms with Crippen molar-refractivity contribution in [2.75, 3.05) is 52.3 Å². The predicted octanol–water partition coefficient (Wildman–Crippen LogP) is 3.02. The normalized spacial score (nSPS) is 15.1. The van der Waals surface area contributed by atoms with E-state index >= 15 is 0 Å². The van der Waals surface area contributed by atoms with Crippen LogP contribution in [0.3, 0.4) is 0 Å². The van der Waals surface area contributed by atoms with Gasteiger partial charge in [0.15, 0.2) is 0 Å². The highest BCUT2D eigenvalue weighted by Crippen LogP contribution is 2.24. The molecule has 29 heavy (non-hydrogen) atoms. The zero-order valence-corrected chi connectivity index (χ0v) is 17.6. The number of nitrogens with zero attached hydrogens (tertiary/aromatic N) is 2. The predicted molar refractivity (Wildman–Crippen MR) is 116 cm³/mol. The van der Waals surface area contributed by atoms with Crippen molar-refractivity contribution in [2.45, 2.75) is 19.9 Å². The number of carbonyl (C=O) groups excluding carboxylic acids is 1. The summed E-state index contributed by atoms with van der Waals surface area (Å²) in [6.07, 6.45) is 0.226. The van der Waals surface area contributed by atoms with Gasteiger partial charge in [-0.2, -0.15) is 0 Å². The molecule has 2 aromatic carbocycles. The Hall–Kier alpha value is -2.57. The zero-order valence-electron chi connectivity index (χ0n) is 17.6. The van der Waals surface area contributed by atoms with Gasteiger partial charge in [-0.3, -0.25) is 9.69 Å². The first kappa shape index (κ1) is 21.1. The van der Waals surface area contributed by atoms with Crippen molar-refractivity contribution in [1.82, 2.24) is 9.80 Å². The van der Waals surface area contributed by atoms with Gasteiger partial charge >= 0.3 is 0 Å². The molecule has 0 saturated carbocycles. The SMILES string of the molecule is CCN1CCN(Cc2ccc(NC(=O)Cc3cc(OC)ccc3OC)cc2)CC1. The van der Waals surface area contributed by atoms with E-state index in [9.17, 15) is 4.79 Å². The number of piperazine rings is 1. The number of likely N-dealkylation sites (N-methyl/N-ethyl adjacent to an activating group) is 1. The average molecular weight is 398 g/mol. The molecule has 0 spiro atoms. The Kier molecular flexibility index (Phi) is 7.49. The molecule has 0 aliphatic carbocycles. The molecule has 0 radical (unpaired) electrons. The number of carbonyl (C=O) groups is 1. The van der Waals surface area contributed by atoms with Crippen LogP contribution >= 0.6 is 0 Å². The third-order valence-electron chi connectivity index (χ3n) is 5.39. The van der Waals surface area contributed by atoms with Crippen LogP contribution in [0.5, 0.6) is 11.5 Å². The van der Waals surface area contributed by atoms with Gasteiger partial charge in [-0.05, 0) is 42.4 Å². The maximum atomic E-state index is 12.5. The number of amides is 1. The van der Waals surface area contributed by atoms with Crippen LogP contribution in [0.2, 0.25) is 0 Å². The van der Waals surface area contributed by atoms with Crippen molar-refractivity contribution in [2.24, 2.45) is 0 Å². The Morgan fingerprint density at radius 3 is 2.28 bits per heavy atom. The van der Waals surface area contributed by atoms with E-state index in [2.05, 4.69) is 34.2 Å². The van der Waals surface area contributed by atoms with Crippen LogP contribution in [0.15, 0.2) is 42.5 Å². The van der Waals surface area contributed by atoms with Gasteiger partial charge in [0.2, 0.25) is 5.91 Å². The van der Waals surface area contributed by atoms with E-state index in [4.69, 9.17) is 9.47 Å². The maximum Gasteiger partial charge on any atom is 0.228 e. The van der Waals surface area contributed by atoms with Crippen LogP contribution in [-0.2, 0) is 17.8 Å². The van der Waals surface area contributed by atoms with E-state index in [1.807, 2.05) is 30.3 Å². The largest absolute Gasteiger partial charge is 0.497 e. The second-order valence-corrected chi connectivity index (χ2v) is 7.31. The number of nitrogens with one attached hydrogen (secondary N) is 1. The van der Waals surface area contributed by atoms with Crippen molar-refractivity contribution < 1.29 is 14.3 Å². The second kappa shape index (κ2) is 10.3. The van der Waals surface area contributed by atoms with Crippen molar-refractivity contribution in [3.8, 4) is 11.5 Å². The number of rotatable bonds is 8. The summed E-state index contributed by atoms with van der Waals surface area (Å²) in [7, 11) is 3.21. The Balaban J connectivity index is 1.54. The highest BCUT2D eigenvalue weighted by molar-refractivity contribution is 5.92. The maximum absolute atomic E-state index is 12.5. The minimum Gasteiger partial charge on any atom is -0.497 e. The fraction of sp³-hybridized carbons (Fsp3) is 0.435. The Labute approximate surface area is 173 Å². The van der Waals surface area contributed by atoms with Crippen LogP contribution < -0.4 is 14.8 Å². The molecule has 0 unspecified atom stereocenters. The van der Waals surface area contributed by atoms with Crippen LogP contribution in [-0.4, -0.2) is 62.7 Å². The number of benzene rings is 2. The van der Waals surface area contributed by atoms with Crippen molar-refractivity contribution in [3.05, 3.63) is 53.6 Å². The lowest BCUT2D eigenvalue weighted by molar-refractivity contribution is -0.115. The first-order valence-corrected chi connectivity index (χ1v) is 10.2. The summed E-state index contributed by atoms with van der Waals surface area (Å²) in [5.74, 6) is 1.30. The number of hydrogen-bond donors (Lipinski definition) is 1. The minimum absolute atomic E-state index is 0.0833. The fourth-order valence-electron chi connectivity index (χ4n) is 3.61. The molecule has 0 atom stereocenters. The summed E-state index contributed by atoms with van der Waals surface area (Å²) in [6, 6.07) is 13.6. The van der Waals surface area contributed by atoms with E-state index in [-0.39, 0.29) is 12.3 Å². The van der Waals surface area contributed by atoms with E-state index in [1.54, 1.807) is 14.2 Å². The van der Waals surface area contributed by atoms with Gasteiger partial charge in [-0.1, -0.05) is 19.1 Å². The Bertz CT molecular complexity index is 800. The molecule has 0 bridgehead atoms. The molecule has 2 aromatic rings.